The number of carbonyl (C=O) groups is 1. The van der Waals surface area contributed by atoms with Crippen molar-refractivity contribution in [2.24, 2.45) is 0 Å². The minimum absolute atomic E-state index is 0.0655. The van der Waals surface area contributed by atoms with Gasteiger partial charge in [-0.15, -0.1) is 0 Å². The van der Waals surface area contributed by atoms with E-state index in [0.29, 0.717) is 30.3 Å². The summed E-state index contributed by atoms with van der Waals surface area (Å²) < 4.78 is 20.8. The molecule has 1 aromatic heterocycles. The molecule has 0 radical (unpaired) electrons. The van der Waals surface area contributed by atoms with E-state index in [4.69, 9.17) is 4.74 Å². The third-order valence-electron chi connectivity index (χ3n) is 8.88. The molecule has 2 aromatic carbocycles. The lowest BCUT2D eigenvalue weighted by Gasteiger charge is -2.35. The normalized spacial score (nSPS) is 23.8. The van der Waals surface area contributed by atoms with Crippen LogP contribution >= 0.6 is 0 Å². The van der Waals surface area contributed by atoms with Gasteiger partial charge >= 0.3 is 0 Å². The first-order valence-electron chi connectivity index (χ1n) is 15.3. The van der Waals surface area contributed by atoms with Crippen LogP contribution in [0, 0.1) is 5.82 Å². The van der Waals surface area contributed by atoms with Crippen LogP contribution in [0.15, 0.2) is 67.0 Å². The number of ether oxygens (including phenoxy) is 1. The summed E-state index contributed by atoms with van der Waals surface area (Å²) in [6.07, 6.45) is 11.8. The Bertz CT molecular complexity index is 1360. The number of hydrazine groups is 1. The maximum Gasteiger partial charge on any atom is 0.251 e. The van der Waals surface area contributed by atoms with Crippen LogP contribution in [-0.4, -0.2) is 53.2 Å². The zero-order chi connectivity index (χ0) is 28.9. The molecule has 0 bridgehead atoms. The molecule has 6 rings (SSSR count). The van der Waals surface area contributed by atoms with Crippen molar-refractivity contribution in [3.05, 3.63) is 89.5 Å². The lowest BCUT2D eigenvalue weighted by Crippen LogP contribution is -2.46. The Balaban J connectivity index is 1.14. The highest BCUT2D eigenvalue weighted by Crippen LogP contribution is 2.36. The summed E-state index contributed by atoms with van der Waals surface area (Å²) in [6, 6.07) is 17.5. The summed E-state index contributed by atoms with van der Waals surface area (Å²) in [6.45, 7) is 1.16. The second-order valence-electron chi connectivity index (χ2n) is 11.7. The van der Waals surface area contributed by atoms with E-state index < -0.39 is 0 Å². The number of likely N-dealkylation sites (N-methyl/N-ethyl adjacent to an activating group) is 1. The highest BCUT2D eigenvalue weighted by Gasteiger charge is 2.42. The van der Waals surface area contributed by atoms with Gasteiger partial charge in [-0.25, -0.2) is 14.8 Å². The maximum absolute atomic E-state index is 15.0. The Morgan fingerprint density at radius 1 is 1.02 bits per heavy atom. The standard InChI is InChI=1S/C33H41FN6O2/c1-39-31(38-40(25-12-5-3-2-4-6-13-25)33(39)26-16-18-35-21-28(26)34)22-36-24-11-9-10-23(20-24)32(41)37-29-17-19-42-30-15-8-7-14-27(29)30/h7-11,14-16,18,20-21,25,29,31,33,36,38H,2-6,12-13,17,19,22H2,1H3,(H,37,41)/t29-,31?,33?/m0/s1. The minimum atomic E-state index is -0.286. The molecule has 2 aliphatic heterocycles. The largest absolute Gasteiger partial charge is 0.493 e. The number of rotatable bonds is 7. The fraction of sp³-hybridized carbons (Fsp3) is 0.455. The fourth-order valence-electron chi connectivity index (χ4n) is 6.59. The third-order valence-corrected chi connectivity index (χ3v) is 8.88. The average Bonchev–Trinajstić information content (AvgIpc) is 3.32. The van der Waals surface area contributed by atoms with Crippen LogP contribution in [0.3, 0.4) is 0 Å². The monoisotopic (exact) mass is 572 g/mol. The Morgan fingerprint density at radius 2 is 1.83 bits per heavy atom. The first-order valence-corrected chi connectivity index (χ1v) is 15.3. The predicted molar refractivity (Wildman–Crippen MR) is 161 cm³/mol. The second-order valence-corrected chi connectivity index (χ2v) is 11.7. The average molecular weight is 573 g/mol. The van der Waals surface area contributed by atoms with Crippen LogP contribution in [0.1, 0.15) is 85.1 Å². The number of nitrogens with zero attached hydrogens (tertiary/aromatic N) is 3. The Hall–Kier alpha value is -3.53. The maximum atomic E-state index is 15.0. The number of para-hydroxylation sites is 1. The second kappa shape index (κ2) is 13.2. The van der Waals surface area contributed by atoms with Gasteiger partial charge in [-0.1, -0.05) is 56.4 Å². The molecular weight excluding hydrogens is 531 g/mol. The van der Waals surface area contributed by atoms with Crippen molar-refractivity contribution < 1.29 is 13.9 Å². The van der Waals surface area contributed by atoms with Crippen LogP contribution in [0.4, 0.5) is 10.1 Å². The van der Waals surface area contributed by atoms with Crippen LogP contribution in [-0.2, 0) is 0 Å². The van der Waals surface area contributed by atoms with Crippen molar-refractivity contribution >= 4 is 11.6 Å². The number of nitrogens with one attached hydrogen (secondary N) is 3. The summed E-state index contributed by atoms with van der Waals surface area (Å²) >= 11 is 0. The van der Waals surface area contributed by atoms with Crippen molar-refractivity contribution in [1.29, 1.82) is 0 Å². The molecular formula is C33H41FN6O2. The van der Waals surface area contributed by atoms with Gasteiger partial charge in [0, 0.05) is 47.6 Å². The number of hydrogen-bond acceptors (Lipinski definition) is 7. The first kappa shape index (κ1) is 28.6. The van der Waals surface area contributed by atoms with E-state index in [1.54, 1.807) is 12.3 Å². The lowest BCUT2D eigenvalue weighted by atomic mass is 9.95. The number of hydrogen-bond donors (Lipinski definition) is 3. The van der Waals surface area contributed by atoms with Gasteiger partial charge in [-0.05, 0) is 50.2 Å². The topological polar surface area (TPSA) is 81.8 Å². The van der Waals surface area contributed by atoms with Crippen LogP contribution in [0.25, 0.3) is 0 Å². The molecule has 8 nitrogen and oxygen atoms in total. The van der Waals surface area contributed by atoms with Crippen molar-refractivity contribution in [3.63, 3.8) is 0 Å². The molecule has 1 saturated carbocycles. The predicted octanol–water partition coefficient (Wildman–Crippen LogP) is 5.78. The number of benzene rings is 2. The van der Waals surface area contributed by atoms with E-state index in [2.05, 4.69) is 31.0 Å². The van der Waals surface area contributed by atoms with Crippen molar-refractivity contribution in [3.8, 4) is 5.75 Å². The van der Waals surface area contributed by atoms with Gasteiger partial charge in [0.2, 0.25) is 0 Å². The number of amides is 1. The molecule has 3 aliphatic rings. The van der Waals surface area contributed by atoms with Gasteiger partial charge < -0.3 is 15.4 Å². The SMILES string of the molecule is CN1C(CNc2cccc(C(=O)N[C@H]3CCOc4ccccc43)c2)NN(C2CCCCCCC2)C1c1ccncc1F. The number of pyridine rings is 1. The summed E-state index contributed by atoms with van der Waals surface area (Å²) in [5.41, 5.74) is 6.83. The van der Waals surface area contributed by atoms with Crippen molar-refractivity contribution in [2.75, 3.05) is 25.5 Å². The zero-order valence-corrected chi connectivity index (χ0v) is 24.3. The van der Waals surface area contributed by atoms with Crippen LogP contribution in [0.2, 0.25) is 0 Å². The molecule has 0 spiro atoms. The minimum Gasteiger partial charge on any atom is -0.493 e. The molecule has 1 aliphatic carbocycles. The third kappa shape index (κ3) is 6.28. The molecule has 3 aromatic rings. The van der Waals surface area contributed by atoms with E-state index >= 15 is 4.39 Å². The highest BCUT2D eigenvalue weighted by atomic mass is 19.1. The van der Waals surface area contributed by atoms with Crippen LogP contribution in [0.5, 0.6) is 5.75 Å². The molecule has 1 saturated heterocycles. The quantitative estimate of drug-likeness (QED) is 0.331. The van der Waals surface area contributed by atoms with Gasteiger partial charge in [0.15, 0.2) is 0 Å². The Kier molecular flexibility index (Phi) is 8.98. The fourth-order valence-corrected chi connectivity index (χ4v) is 6.59. The molecule has 9 heteroatoms. The molecule has 3 atom stereocenters. The number of anilines is 1. The van der Waals surface area contributed by atoms with Gasteiger partial charge in [-0.2, -0.15) is 0 Å². The molecule has 42 heavy (non-hydrogen) atoms. The summed E-state index contributed by atoms with van der Waals surface area (Å²) in [5.74, 6) is 0.433. The van der Waals surface area contributed by atoms with Crippen LogP contribution < -0.4 is 20.8 Å². The molecule has 1 amide bonds. The molecule has 222 valence electrons. The van der Waals surface area contributed by atoms with Crippen molar-refractivity contribution in [2.45, 2.75) is 75.8 Å². The number of carbonyl (C=O) groups excluding carboxylic acids is 1. The Morgan fingerprint density at radius 3 is 2.67 bits per heavy atom. The van der Waals surface area contributed by atoms with E-state index in [0.717, 1.165) is 36.3 Å². The highest BCUT2D eigenvalue weighted by molar-refractivity contribution is 5.95. The summed E-state index contributed by atoms with van der Waals surface area (Å²) in [7, 11) is 2.04. The van der Waals surface area contributed by atoms with Gasteiger partial charge in [0.1, 0.15) is 17.7 Å². The van der Waals surface area contributed by atoms with Gasteiger partial charge in [0.25, 0.3) is 5.91 Å². The van der Waals surface area contributed by atoms with E-state index in [-0.39, 0.29) is 30.1 Å². The van der Waals surface area contributed by atoms with E-state index in [1.165, 1.54) is 38.3 Å². The number of fused-ring (bicyclic) bond motifs is 1. The molecule has 2 fully saturated rings. The summed E-state index contributed by atoms with van der Waals surface area (Å²) in [4.78, 5) is 19.4. The number of halogens is 1. The first-order chi connectivity index (χ1) is 20.6. The lowest BCUT2D eigenvalue weighted by molar-refractivity contribution is 0.0629. The van der Waals surface area contributed by atoms with E-state index in [9.17, 15) is 4.79 Å². The molecule has 2 unspecified atom stereocenters. The number of aromatic nitrogens is 1. The Labute approximate surface area is 247 Å². The van der Waals surface area contributed by atoms with Crippen molar-refractivity contribution in [1.82, 2.24) is 25.6 Å². The zero-order valence-electron chi connectivity index (χ0n) is 24.3. The smallest absolute Gasteiger partial charge is 0.251 e. The summed E-state index contributed by atoms with van der Waals surface area (Å²) in [5, 5.41) is 9.00. The van der Waals surface area contributed by atoms with E-state index in [1.807, 2.05) is 55.6 Å². The van der Waals surface area contributed by atoms with Gasteiger partial charge in [0.05, 0.1) is 25.0 Å². The van der Waals surface area contributed by atoms with Gasteiger partial charge in [-0.3, -0.25) is 14.7 Å². The molecule has 3 heterocycles. The molecule has 3 N–H and O–H groups in total.